The van der Waals surface area contributed by atoms with Gasteiger partial charge in [0.05, 0.1) is 10.5 Å². The van der Waals surface area contributed by atoms with Crippen molar-refractivity contribution in [2.75, 3.05) is 0 Å². The lowest BCUT2D eigenvalue weighted by atomic mass is 10.1. The smallest absolute Gasteiger partial charge is 0.312 e. The van der Waals surface area contributed by atoms with Gasteiger partial charge in [-0.15, -0.1) is 0 Å². The van der Waals surface area contributed by atoms with E-state index in [4.69, 9.17) is 4.74 Å². The average Bonchev–Trinajstić information content (AvgIpc) is 3.07. The van der Waals surface area contributed by atoms with E-state index in [9.17, 15) is 24.1 Å². The second-order valence-corrected chi connectivity index (χ2v) is 5.93. The molecule has 1 heterocycles. The van der Waals surface area contributed by atoms with Crippen molar-refractivity contribution >= 4 is 17.3 Å². The van der Waals surface area contributed by atoms with Crippen molar-refractivity contribution in [2.24, 2.45) is 7.05 Å². The van der Waals surface area contributed by atoms with Crippen LogP contribution in [0.5, 0.6) is 11.5 Å². The minimum absolute atomic E-state index is 0.0197. The van der Waals surface area contributed by atoms with Crippen LogP contribution in [0.3, 0.4) is 0 Å². The van der Waals surface area contributed by atoms with Crippen molar-refractivity contribution in [3.05, 3.63) is 81.7 Å². The highest BCUT2D eigenvalue weighted by Crippen LogP contribution is 2.33. The number of ether oxygens (including phenoxy) is 1. The van der Waals surface area contributed by atoms with Crippen molar-refractivity contribution < 1.29 is 23.6 Å². The number of carbonyl (C=O) groups excluding carboxylic acids is 2. The van der Waals surface area contributed by atoms with Gasteiger partial charge in [0.25, 0.3) is 0 Å². The molecular weight excluding hydrogens is 369 g/mol. The number of aromatic nitrogens is 2. The third-order valence-electron chi connectivity index (χ3n) is 3.99. The summed E-state index contributed by atoms with van der Waals surface area (Å²) in [7, 11) is 1.63. The Bertz CT molecular complexity index is 1110. The Morgan fingerprint density at radius 3 is 2.54 bits per heavy atom. The maximum atomic E-state index is 13.9. The number of Topliss-reactive ketones (excluding diaryl/α,β-unsaturated/α-hetero) is 1. The lowest BCUT2D eigenvalue weighted by Crippen LogP contribution is -2.09. The van der Waals surface area contributed by atoms with E-state index in [0.29, 0.717) is 0 Å². The fourth-order valence-corrected chi connectivity index (χ4v) is 2.57. The molecule has 2 aromatic carbocycles. The average molecular weight is 383 g/mol. The third kappa shape index (κ3) is 3.63. The molecule has 0 spiro atoms. The summed E-state index contributed by atoms with van der Waals surface area (Å²) in [5.74, 6) is -1.80. The lowest BCUT2D eigenvalue weighted by Gasteiger charge is -2.09. The number of aryl methyl sites for hydroxylation is 1. The number of nitro groups is 1. The van der Waals surface area contributed by atoms with Crippen LogP contribution in [0.4, 0.5) is 10.1 Å². The predicted molar refractivity (Wildman–Crippen MR) is 96.2 cm³/mol. The first-order valence-corrected chi connectivity index (χ1v) is 8.06. The first-order valence-electron chi connectivity index (χ1n) is 8.06. The minimum Gasteiger partial charge on any atom is -0.450 e. The zero-order valence-electron chi connectivity index (χ0n) is 14.9. The van der Waals surface area contributed by atoms with E-state index in [1.165, 1.54) is 42.0 Å². The predicted octanol–water partition coefficient (Wildman–Crippen LogP) is 3.69. The topological polar surface area (TPSA) is 104 Å². The van der Waals surface area contributed by atoms with Crippen molar-refractivity contribution in [1.29, 1.82) is 0 Å². The highest BCUT2D eigenvalue weighted by atomic mass is 19.1. The molecule has 0 unspecified atom stereocenters. The fourth-order valence-electron chi connectivity index (χ4n) is 2.57. The number of imidazole rings is 1. The van der Waals surface area contributed by atoms with Crippen molar-refractivity contribution in [1.82, 2.24) is 9.55 Å². The number of hydrogen-bond acceptors (Lipinski definition) is 6. The Morgan fingerprint density at radius 2 is 1.96 bits per heavy atom. The molecule has 3 rings (SSSR count). The van der Waals surface area contributed by atoms with E-state index in [0.717, 1.165) is 12.1 Å². The van der Waals surface area contributed by atoms with Crippen LogP contribution in [0, 0.1) is 15.9 Å². The van der Waals surface area contributed by atoms with Crippen molar-refractivity contribution in [3.63, 3.8) is 0 Å². The number of halogens is 1. The molecule has 0 N–H and O–H groups in total. The molecule has 0 aliphatic carbocycles. The fraction of sp³-hybridized carbons (Fsp3) is 0.105. The largest absolute Gasteiger partial charge is 0.450 e. The molecule has 3 aromatic rings. The lowest BCUT2D eigenvalue weighted by molar-refractivity contribution is -0.385. The highest BCUT2D eigenvalue weighted by molar-refractivity contribution is 6.07. The molecule has 0 aliphatic rings. The van der Waals surface area contributed by atoms with Crippen LogP contribution in [-0.4, -0.2) is 26.0 Å². The molecule has 1 aromatic heterocycles. The number of hydrogen-bond donors (Lipinski definition) is 0. The van der Waals surface area contributed by atoms with Gasteiger partial charge in [-0.05, 0) is 31.2 Å². The Kier molecular flexibility index (Phi) is 4.99. The molecule has 9 heteroatoms. The van der Waals surface area contributed by atoms with Gasteiger partial charge in [-0.3, -0.25) is 19.7 Å². The monoisotopic (exact) mass is 383 g/mol. The third-order valence-corrected chi connectivity index (χ3v) is 3.99. The van der Waals surface area contributed by atoms with E-state index in [1.54, 1.807) is 13.2 Å². The summed E-state index contributed by atoms with van der Waals surface area (Å²) < 4.78 is 20.8. The Labute approximate surface area is 158 Å². The van der Waals surface area contributed by atoms with Gasteiger partial charge in [0.2, 0.25) is 11.5 Å². The summed E-state index contributed by atoms with van der Waals surface area (Å²) in [6.07, 6.45) is 3.02. The van der Waals surface area contributed by atoms with Gasteiger partial charge >= 0.3 is 5.69 Å². The first kappa shape index (κ1) is 18.9. The van der Waals surface area contributed by atoms with E-state index >= 15 is 0 Å². The SMILES string of the molecule is CC(=O)c1ccc(Oc2ccc(C(=O)c3nccn3C)cc2[N+](=O)[O-])cc1F. The summed E-state index contributed by atoms with van der Waals surface area (Å²) in [5.41, 5.74) is -0.513. The molecule has 28 heavy (non-hydrogen) atoms. The number of rotatable bonds is 6. The van der Waals surface area contributed by atoms with Gasteiger partial charge in [-0.25, -0.2) is 9.37 Å². The number of ketones is 2. The Balaban J connectivity index is 1.95. The van der Waals surface area contributed by atoms with Crippen LogP contribution in [0.2, 0.25) is 0 Å². The Hall–Kier alpha value is -3.88. The molecule has 142 valence electrons. The summed E-state index contributed by atoms with van der Waals surface area (Å²) in [5, 5.41) is 11.4. The van der Waals surface area contributed by atoms with Gasteiger partial charge in [0.1, 0.15) is 11.6 Å². The van der Waals surface area contributed by atoms with E-state index in [2.05, 4.69) is 4.98 Å². The molecule has 0 aliphatic heterocycles. The standard InChI is InChI=1S/C19H14FN3O5/c1-11(24)14-5-4-13(10-15(14)20)28-17-6-3-12(9-16(17)23(26)27)18(25)19-21-7-8-22(19)2/h3-10H,1-2H3. The highest BCUT2D eigenvalue weighted by Gasteiger charge is 2.22. The normalized spacial score (nSPS) is 10.5. The first-order chi connectivity index (χ1) is 13.3. The number of nitrogens with zero attached hydrogens (tertiary/aromatic N) is 3. The Morgan fingerprint density at radius 1 is 1.21 bits per heavy atom. The molecule has 0 radical (unpaired) electrons. The number of nitro benzene ring substituents is 1. The summed E-state index contributed by atoms with van der Waals surface area (Å²) >= 11 is 0. The molecule has 0 bridgehead atoms. The second-order valence-electron chi connectivity index (χ2n) is 5.93. The van der Waals surface area contributed by atoms with Gasteiger partial charge in [0.15, 0.2) is 11.6 Å². The van der Waals surface area contributed by atoms with Crippen LogP contribution in [0.25, 0.3) is 0 Å². The zero-order valence-corrected chi connectivity index (χ0v) is 14.9. The van der Waals surface area contributed by atoms with Crippen LogP contribution < -0.4 is 4.74 Å². The molecule has 0 saturated heterocycles. The minimum atomic E-state index is -0.797. The zero-order chi connectivity index (χ0) is 20.4. The molecule has 0 amide bonds. The van der Waals surface area contributed by atoms with Crippen LogP contribution >= 0.6 is 0 Å². The van der Waals surface area contributed by atoms with Gasteiger partial charge in [-0.1, -0.05) is 0 Å². The van der Waals surface area contributed by atoms with E-state index < -0.39 is 28.0 Å². The van der Waals surface area contributed by atoms with Crippen LogP contribution in [0.15, 0.2) is 48.8 Å². The number of carbonyl (C=O) groups is 2. The van der Waals surface area contributed by atoms with E-state index in [1.807, 2.05) is 0 Å². The van der Waals surface area contributed by atoms with Crippen LogP contribution in [0.1, 0.15) is 33.5 Å². The van der Waals surface area contributed by atoms with Crippen molar-refractivity contribution in [2.45, 2.75) is 6.92 Å². The summed E-state index contributed by atoms with van der Waals surface area (Å²) in [4.78, 5) is 38.4. The van der Waals surface area contributed by atoms with Gasteiger partial charge in [0, 0.05) is 37.1 Å². The molecule has 8 nitrogen and oxygen atoms in total. The van der Waals surface area contributed by atoms with Gasteiger partial charge in [-0.2, -0.15) is 0 Å². The molecule has 0 saturated carbocycles. The van der Waals surface area contributed by atoms with E-state index in [-0.39, 0.29) is 28.5 Å². The second kappa shape index (κ2) is 7.39. The molecule has 0 fully saturated rings. The quantitative estimate of drug-likeness (QED) is 0.365. The number of benzene rings is 2. The molecular formula is C19H14FN3O5. The maximum absolute atomic E-state index is 13.9. The maximum Gasteiger partial charge on any atom is 0.312 e. The van der Waals surface area contributed by atoms with Crippen LogP contribution in [-0.2, 0) is 7.05 Å². The summed E-state index contributed by atoms with van der Waals surface area (Å²) in [6, 6.07) is 7.22. The van der Waals surface area contributed by atoms with Crippen molar-refractivity contribution in [3.8, 4) is 11.5 Å². The summed E-state index contributed by atoms with van der Waals surface area (Å²) in [6.45, 7) is 1.22. The molecule has 0 atom stereocenters. The van der Waals surface area contributed by atoms with Gasteiger partial charge < -0.3 is 9.30 Å².